The van der Waals surface area contributed by atoms with E-state index in [1.54, 1.807) is 0 Å². The lowest BCUT2D eigenvalue weighted by Crippen LogP contribution is -2.36. The van der Waals surface area contributed by atoms with Gasteiger partial charge in [-0.25, -0.2) is 13.8 Å². The lowest BCUT2D eigenvalue weighted by molar-refractivity contribution is -0.132. The summed E-state index contributed by atoms with van der Waals surface area (Å²) in [5, 5.41) is 3.01. The number of nitrogens with zero attached hydrogens (tertiary/aromatic N) is 2. The Morgan fingerprint density at radius 1 is 1.31 bits per heavy atom. The Bertz CT molecular complexity index is 851. The van der Waals surface area contributed by atoms with E-state index in [1.165, 1.54) is 17.4 Å². The number of anilines is 1. The van der Waals surface area contributed by atoms with E-state index in [1.807, 2.05) is 18.7 Å². The molecule has 1 aliphatic rings. The van der Waals surface area contributed by atoms with Crippen molar-refractivity contribution in [2.75, 3.05) is 11.9 Å². The second-order valence-electron chi connectivity index (χ2n) is 6.64. The van der Waals surface area contributed by atoms with Crippen molar-refractivity contribution in [1.82, 2.24) is 9.88 Å². The maximum atomic E-state index is 13.3. The molecule has 2 heterocycles. The maximum Gasteiger partial charge on any atom is 0.257 e. The summed E-state index contributed by atoms with van der Waals surface area (Å²) in [6, 6.07) is 2.98. The maximum absolute atomic E-state index is 13.3. The first kappa shape index (κ1) is 18.4. The Kier molecular flexibility index (Phi) is 5.31. The highest BCUT2D eigenvalue weighted by molar-refractivity contribution is 7.15. The van der Waals surface area contributed by atoms with Gasteiger partial charge in [-0.1, -0.05) is 25.2 Å². The molecule has 0 unspecified atom stereocenters. The van der Waals surface area contributed by atoms with Gasteiger partial charge in [0, 0.05) is 29.8 Å². The van der Waals surface area contributed by atoms with E-state index in [9.17, 15) is 18.4 Å². The second-order valence-corrected chi connectivity index (χ2v) is 7.72. The van der Waals surface area contributed by atoms with Crippen LogP contribution in [0, 0.1) is 17.6 Å². The molecule has 0 aliphatic carbocycles. The molecule has 0 saturated heterocycles. The number of carbonyl (C=O) groups excluding carboxylic acids is 2. The van der Waals surface area contributed by atoms with Crippen molar-refractivity contribution in [2.24, 2.45) is 5.92 Å². The van der Waals surface area contributed by atoms with E-state index in [0.29, 0.717) is 37.0 Å². The summed E-state index contributed by atoms with van der Waals surface area (Å²) in [5.74, 6) is -2.21. The number of hydrogen-bond acceptors (Lipinski definition) is 4. The van der Waals surface area contributed by atoms with Gasteiger partial charge >= 0.3 is 0 Å². The number of rotatable bonds is 4. The molecule has 0 fully saturated rings. The molecule has 5 nitrogen and oxygen atoms in total. The van der Waals surface area contributed by atoms with Gasteiger partial charge in [0.2, 0.25) is 5.91 Å². The smallest absolute Gasteiger partial charge is 0.257 e. The third-order valence-electron chi connectivity index (χ3n) is 4.07. The highest BCUT2D eigenvalue weighted by Crippen LogP contribution is 2.29. The van der Waals surface area contributed by atoms with Crippen LogP contribution in [0.2, 0.25) is 0 Å². The fraction of sp³-hybridized carbons (Fsp3) is 0.389. The van der Waals surface area contributed by atoms with Gasteiger partial charge in [0.15, 0.2) is 16.8 Å². The van der Waals surface area contributed by atoms with Gasteiger partial charge in [0.1, 0.15) is 0 Å². The van der Waals surface area contributed by atoms with Crippen LogP contribution in [-0.4, -0.2) is 28.2 Å². The molecule has 1 aromatic carbocycles. The first-order valence-electron chi connectivity index (χ1n) is 8.36. The van der Waals surface area contributed by atoms with Crippen molar-refractivity contribution in [1.29, 1.82) is 0 Å². The van der Waals surface area contributed by atoms with Gasteiger partial charge < -0.3 is 4.90 Å². The number of thiazole rings is 1. The number of halogens is 2. The quantitative estimate of drug-likeness (QED) is 0.883. The van der Waals surface area contributed by atoms with E-state index >= 15 is 0 Å². The first-order valence-corrected chi connectivity index (χ1v) is 9.18. The summed E-state index contributed by atoms with van der Waals surface area (Å²) in [5.41, 5.74) is 0.884. The second kappa shape index (κ2) is 7.49. The average Bonchev–Trinajstić information content (AvgIpc) is 2.97. The van der Waals surface area contributed by atoms with Crippen molar-refractivity contribution in [3.8, 4) is 0 Å². The van der Waals surface area contributed by atoms with Crippen molar-refractivity contribution in [3.05, 3.63) is 46.0 Å². The fourth-order valence-corrected chi connectivity index (χ4v) is 3.77. The molecule has 26 heavy (non-hydrogen) atoms. The number of nitrogens with one attached hydrogen (secondary N) is 1. The zero-order valence-electron chi connectivity index (χ0n) is 14.5. The first-order chi connectivity index (χ1) is 12.3. The Balaban J connectivity index is 1.69. The summed E-state index contributed by atoms with van der Waals surface area (Å²) in [4.78, 5) is 31.5. The number of carbonyl (C=O) groups is 2. The van der Waals surface area contributed by atoms with E-state index in [2.05, 4.69) is 10.3 Å². The molecule has 138 valence electrons. The predicted octanol–water partition coefficient (Wildman–Crippen LogP) is 3.60. The summed E-state index contributed by atoms with van der Waals surface area (Å²) < 4.78 is 26.2. The van der Waals surface area contributed by atoms with Gasteiger partial charge in [0.05, 0.1) is 12.2 Å². The van der Waals surface area contributed by atoms with Gasteiger partial charge in [-0.2, -0.15) is 0 Å². The number of benzene rings is 1. The van der Waals surface area contributed by atoms with Gasteiger partial charge in [-0.05, 0) is 24.1 Å². The summed E-state index contributed by atoms with van der Waals surface area (Å²) >= 11 is 1.30. The molecule has 1 aliphatic heterocycles. The largest absolute Gasteiger partial charge is 0.337 e. The normalized spacial score (nSPS) is 13.7. The molecule has 0 atom stereocenters. The molecule has 1 N–H and O–H groups in total. The van der Waals surface area contributed by atoms with Crippen molar-refractivity contribution < 1.29 is 18.4 Å². The summed E-state index contributed by atoms with van der Waals surface area (Å²) in [6.45, 7) is 5.11. The van der Waals surface area contributed by atoms with Gasteiger partial charge in [-0.15, -0.1) is 0 Å². The van der Waals surface area contributed by atoms with Crippen LogP contribution in [0.1, 0.15) is 41.2 Å². The molecule has 8 heteroatoms. The third kappa shape index (κ3) is 4.07. The molecule has 2 amide bonds. The SMILES string of the molecule is CC(C)CC(=O)N1CCc2nc(NC(=O)c3ccc(F)c(F)c3)sc2C1. The van der Waals surface area contributed by atoms with Crippen LogP contribution in [0.5, 0.6) is 0 Å². The van der Waals surface area contributed by atoms with Crippen LogP contribution in [0.15, 0.2) is 18.2 Å². The molecule has 0 radical (unpaired) electrons. The third-order valence-corrected chi connectivity index (χ3v) is 5.07. The molecular formula is C18H19F2N3O2S. The molecule has 3 rings (SSSR count). The minimum atomic E-state index is -1.07. The molecule has 1 aromatic heterocycles. The lowest BCUT2D eigenvalue weighted by atomic mass is 10.1. The summed E-state index contributed by atoms with van der Waals surface area (Å²) in [6.07, 6.45) is 1.14. The Morgan fingerprint density at radius 3 is 2.77 bits per heavy atom. The number of hydrogen-bond donors (Lipinski definition) is 1. The van der Waals surface area contributed by atoms with Crippen molar-refractivity contribution in [3.63, 3.8) is 0 Å². The Labute approximate surface area is 154 Å². The fourth-order valence-electron chi connectivity index (χ4n) is 2.75. The monoisotopic (exact) mass is 379 g/mol. The van der Waals surface area contributed by atoms with Crippen LogP contribution in [0.3, 0.4) is 0 Å². The predicted molar refractivity (Wildman–Crippen MR) is 95.0 cm³/mol. The van der Waals surface area contributed by atoms with Crippen molar-refractivity contribution >= 4 is 28.3 Å². The minimum absolute atomic E-state index is 0.0193. The summed E-state index contributed by atoms with van der Waals surface area (Å²) in [7, 11) is 0. The number of fused-ring (bicyclic) bond motifs is 1. The molecular weight excluding hydrogens is 360 g/mol. The van der Waals surface area contributed by atoms with Gasteiger partial charge in [0.25, 0.3) is 5.91 Å². The Hall–Kier alpha value is -2.35. The topological polar surface area (TPSA) is 62.3 Å². The highest BCUT2D eigenvalue weighted by atomic mass is 32.1. The van der Waals surface area contributed by atoms with E-state index in [-0.39, 0.29) is 11.5 Å². The average molecular weight is 379 g/mol. The van der Waals surface area contributed by atoms with Crippen LogP contribution in [0.4, 0.5) is 13.9 Å². The molecule has 2 aromatic rings. The van der Waals surface area contributed by atoms with E-state index < -0.39 is 17.5 Å². The van der Waals surface area contributed by atoms with Crippen LogP contribution in [-0.2, 0) is 17.8 Å². The van der Waals surface area contributed by atoms with E-state index in [4.69, 9.17) is 0 Å². The lowest BCUT2D eigenvalue weighted by Gasteiger charge is -2.26. The number of amides is 2. The Morgan fingerprint density at radius 2 is 2.08 bits per heavy atom. The molecule has 0 saturated carbocycles. The zero-order chi connectivity index (χ0) is 18.8. The van der Waals surface area contributed by atoms with Crippen molar-refractivity contribution in [2.45, 2.75) is 33.2 Å². The minimum Gasteiger partial charge on any atom is -0.337 e. The van der Waals surface area contributed by atoms with Crippen LogP contribution >= 0.6 is 11.3 Å². The molecule has 0 bridgehead atoms. The number of aromatic nitrogens is 1. The highest BCUT2D eigenvalue weighted by Gasteiger charge is 2.25. The van der Waals surface area contributed by atoms with E-state index in [0.717, 1.165) is 22.7 Å². The van der Waals surface area contributed by atoms with Gasteiger partial charge in [-0.3, -0.25) is 14.9 Å². The van der Waals surface area contributed by atoms with Crippen LogP contribution < -0.4 is 5.32 Å². The van der Waals surface area contributed by atoms with Crippen LogP contribution in [0.25, 0.3) is 0 Å². The molecule has 0 spiro atoms. The standard InChI is InChI=1S/C18H19F2N3O2S/c1-10(2)7-16(24)23-6-5-14-15(9-23)26-18(21-14)22-17(25)11-3-4-12(19)13(20)8-11/h3-4,8,10H,5-7,9H2,1-2H3,(H,21,22,25). The zero-order valence-corrected chi connectivity index (χ0v) is 15.3.